The van der Waals surface area contributed by atoms with E-state index in [1.807, 2.05) is 6.92 Å². The van der Waals surface area contributed by atoms with Gasteiger partial charge in [-0.15, -0.1) is 0 Å². The minimum absolute atomic E-state index is 0.0849. The van der Waals surface area contributed by atoms with Crippen molar-refractivity contribution in [2.45, 2.75) is 31.7 Å². The average molecular weight is 210 g/mol. The predicted molar refractivity (Wildman–Crippen MR) is 56.5 cm³/mol. The first-order chi connectivity index (χ1) is 7.15. The normalized spacial score (nSPS) is 24.6. The van der Waals surface area contributed by atoms with Crippen LogP contribution >= 0.6 is 0 Å². The van der Waals surface area contributed by atoms with Gasteiger partial charge >= 0.3 is 0 Å². The topological polar surface area (TPSA) is 68.2 Å². The smallest absolute Gasteiger partial charge is 0.231 e. The molecular formula is C10H18N4O. The number of nitrogens with two attached hydrogens (primary N) is 1. The summed E-state index contributed by atoms with van der Waals surface area (Å²) in [6.45, 7) is 4.06. The molecule has 1 aliphatic heterocycles. The molecule has 5 heteroatoms. The highest BCUT2D eigenvalue weighted by Gasteiger charge is 2.26. The van der Waals surface area contributed by atoms with Crippen LogP contribution in [-0.4, -0.2) is 41.2 Å². The summed E-state index contributed by atoms with van der Waals surface area (Å²) in [6, 6.07) is 0.0849. The Balaban J connectivity index is 2.00. The number of aromatic nitrogens is 2. The molecule has 2 atom stereocenters. The maximum atomic E-state index is 5.68. The first-order valence-electron chi connectivity index (χ1n) is 5.41. The van der Waals surface area contributed by atoms with Crippen LogP contribution in [0.3, 0.4) is 0 Å². The van der Waals surface area contributed by atoms with Crippen molar-refractivity contribution < 1.29 is 4.52 Å². The highest BCUT2D eigenvalue weighted by atomic mass is 16.5. The number of nitrogens with zero attached hydrogens (tertiary/aromatic N) is 3. The number of hydrogen-bond acceptors (Lipinski definition) is 5. The van der Waals surface area contributed by atoms with E-state index in [0.29, 0.717) is 12.3 Å². The van der Waals surface area contributed by atoms with Crippen LogP contribution in [0.1, 0.15) is 31.0 Å². The molecule has 84 valence electrons. The molecule has 1 aliphatic rings. The van der Waals surface area contributed by atoms with Crippen molar-refractivity contribution in [2.24, 2.45) is 5.73 Å². The fourth-order valence-electron chi connectivity index (χ4n) is 1.94. The van der Waals surface area contributed by atoms with Crippen molar-refractivity contribution >= 4 is 0 Å². The van der Waals surface area contributed by atoms with Crippen LogP contribution in [0.25, 0.3) is 0 Å². The van der Waals surface area contributed by atoms with Gasteiger partial charge < -0.3 is 15.2 Å². The molecule has 5 nitrogen and oxygen atoms in total. The minimum Gasteiger partial charge on any atom is -0.339 e. The molecule has 2 unspecified atom stereocenters. The summed E-state index contributed by atoms with van der Waals surface area (Å²) in [5, 5.41) is 3.94. The highest BCUT2D eigenvalue weighted by Crippen LogP contribution is 2.24. The molecule has 0 aliphatic carbocycles. The van der Waals surface area contributed by atoms with Gasteiger partial charge in [0, 0.05) is 19.0 Å². The van der Waals surface area contributed by atoms with E-state index in [2.05, 4.69) is 22.1 Å². The largest absolute Gasteiger partial charge is 0.339 e. The lowest BCUT2D eigenvalue weighted by Crippen LogP contribution is -2.18. The van der Waals surface area contributed by atoms with Crippen LogP contribution in [0, 0.1) is 0 Å². The SMILES string of the molecule is CC(N)Cc1noc(C2CCN(C)C2)n1. The number of hydrogen-bond donors (Lipinski definition) is 1. The van der Waals surface area contributed by atoms with Gasteiger partial charge in [0.25, 0.3) is 0 Å². The van der Waals surface area contributed by atoms with Crippen molar-refractivity contribution in [2.75, 3.05) is 20.1 Å². The Bertz CT molecular complexity index is 323. The maximum absolute atomic E-state index is 5.68. The summed E-state index contributed by atoms with van der Waals surface area (Å²) in [6.07, 6.45) is 1.79. The second-order valence-electron chi connectivity index (χ2n) is 4.48. The molecule has 2 heterocycles. The molecule has 1 aromatic rings. The summed E-state index contributed by atoms with van der Waals surface area (Å²) in [4.78, 5) is 6.66. The Morgan fingerprint density at radius 1 is 1.67 bits per heavy atom. The summed E-state index contributed by atoms with van der Waals surface area (Å²) in [5.74, 6) is 1.91. The van der Waals surface area contributed by atoms with Gasteiger partial charge in [-0.1, -0.05) is 5.16 Å². The van der Waals surface area contributed by atoms with Gasteiger partial charge in [-0.25, -0.2) is 0 Å². The van der Waals surface area contributed by atoms with E-state index >= 15 is 0 Å². The molecule has 1 aromatic heterocycles. The molecule has 2 N–H and O–H groups in total. The van der Waals surface area contributed by atoms with E-state index in [9.17, 15) is 0 Å². The summed E-state index contributed by atoms with van der Waals surface area (Å²) in [5.41, 5.74) is 5.68. The van der Waals surface area contributed by atoms with E-state index in [1.54, 1.807) is 0 Å². The third-order valence-corrected chi connectivity index (χ3v) is 2.73. The molecule has 0 aromatic carbocycles. The van der Waals surface area contributed by atoms with Crippen molar-refractivity contribution in [3.05, 3.63) is 11.7 Å². The molecule has 0 bridgehead atoms. The first-order valence-corrected chi connectivity index (χ1v) is 5.41. The molecule has 2 rings (SSSR count). The fourth-order valence-corrected chi connectivity index (χ4v) is 1.94. The minimum atomic E-state index is 0.0849. The fraction of sp³-hybridized carbons (Fsp3) is 0.800. The Morgan fingerprint density at radius 2 is 2.47 bits per heavy atom. The van der Waals surface area contributed by atoms with Crippen LogP contribution in [-0.2, 0) is 6.42 Å². The van der Waals surface area contributed by atoms with Gasteiger partial charge in [0.2, 0.25) is 5.89 Å². The van der Waals surface area contributed by atoms with E-state index in [0.717, 1.165) is 31.2 Å². The summed E-state index contributed by atoms with van der Waals surface area (Å²) >= 11 is 0. The average Bonchev–Trinajstić information content (AvgIpc) is 2.72. The predicted octanol–water partition coefficient (Wildman–Crippen LogP) is 0.378. The van der Waals surface area contributed by atoms with E-state index in [1.165, 1.54) is 0 Å². The Hall–Kier alpha value is -0.940. The third-order valence-electron chi connectivity index (χ3n) is 2.73. The van der Waals surface area contributed by atoms with Crippen LogP contribution in [0.5, 0.6) is 0 Å². The van der Waals surface area contributed by atoms with Crippen molar-refractivity contribution in [3.63, 3.8) is 0 Å². The van der Waals surface area contributed by atoms with Crippen LogP contribution in [0.15, 0.2) is 4.52 Å². The van der Waals surface area contributed by atoms with Gasteiger partial charge in [-0.05, 0) is 26.9 Å². The molecule has 15 heavy (non-hydrogen) atoms. The zero-order valence-electron chi connectivity index (χ0n) is 9.31. The molecular weight excluding hydrogens is 192 g/mol. The van der Waals surface area contributed by atoms with Crippen LogP contribution < -0.4 is 5.73 Å². The van der Waals surface area contributed by atoms with E-state index in [-0.39, 0.29) is 6.04 Å². The zero-order valence-corrected chi connectivity index (χ0v) is 9.31. The number of rotatable bonds is 3. The Morgan fingerprint density at radius 3 is 3.07 bits per heavy atom. The van der Waals surface area contributed by atoms with Crippen molar-refractivity contribution in [3.8, 4) is 0 Å². The summed E-state index contributed by atoms with van der Waals surface area (Å²) in [7, 11) is 2.11. The van der Waals surface area contributed by atoms with Crippen LogP contribution in [0.4, 0.5) is 0 Å². The molecule has 0 saturated carbocycles. The monoisotopic (exact) mass is 210 g/mol. The highest BCUT2D eigenvalue weighted by molar-refractivity contribution is 4.99. The van der Waals surface area contributed by atoms with E-state index in [4.69, 9.17) is 10.3 Å². The maximum Gasteiger partial charge on any atom is 0.231 e. The Kier molecular flexibility index (Phi) is 3.02. The van der Waals surface area contributed by atoms with Gasteiger partial charge in [0.05, 0.1) is 5.92 Å². The van der Waals surface area contributed by atoms with Crippen molar-refractivity contribution in [1.29, 1.82) is 0 Å². The molecule has 1 fully saturated rings. The van der Waals surface area contributed by atoms with Crippen molar-refractivity contribution in [1.82, 2.24) is 15.0 Å². The lowest BCUT2D eigenvalue weighted by atomic mass is 10.1. The third kappa shape index (κ3) is 2.54. The van der Waals surface area contributed by atoms with Crippen LogP contribution in [0.2, 0.25) is 0 Å². The molecule has 1 saturated heterocycles. The first kappa shape index (κ1) is 10.6. The number of likely N-dealkylation sites (tertiary alicyclic amines) is 1. The Labute approximate surface area is 89.6 Å². The lowest BCUT2D eigenvalue weighted by Gasteiger charge is -2.05. The zero-order chi connectivity index (χ0) is 10.8. The van der Waals surface area contributed by atoms with E-state index < -0.39 is 0 Å². The number of likely N-dealkylation sites (N-methyl/N-ethyl adjacent to an activating group) is 1. The lowest BCUT2D eigenvalue weighted by molar-refractivity contribution is 0.341. The quantitative estimate of drug-likeness (QED) is 0.781. The summed E-state index contributed by atoms with van der Waals surface area (Å²) < 4.78 is 5.25. The molecule has 0 amide bonds. The second-order valence-corrected chi connectivity index (χ2v) is 4.48. The van der Waals surface area contributed by atoms with Gasteiger partial charge in [-0.2, -0.15) is 4.98 Å². The van der Waals surface area contributed by atoms with Gasteiger partial charge in [0.1, 0.15) is 0 Å². The van der Waals surface area contributed by atoms with Gasteiger partial charge in [-0.3, -0.25) is 0 Å². The van der Waals surface area contributed by atoms with Gasteiger partial charge in [0.15, 0.2) is 5.82 Å². The second kappa shape index (κ2) is 4.28. The standard InChI is InChI=1S/C10H18N4O/c1-7(11)5-9-12-10(15-13-9)8-3-4-14(2)6-8/h7-8H,3-6,11H2,1-2H3. The molecule has 0 radical (unpaired) electrons. The molecule has 0 spiro atoms.